The van der Waals surface area contributed by atoms with Crippen LogP contribution < -0.4 is 51.4 Å². The largest absolute Gasteiger partial charge is 1.00 e. The maximum absolute atomic E-state index is 10.3. The molecule has 0 saturated carbocycles. The molecule has 19 heavy (non-hydrogen) atoms. The second-order valence-corrected chi connectivity index (χ2v) is 5.39. The summed E-state index contributed by atoms with van der Waals surface area (Å²) in [5.74, 6) is -0.655. The van der Waals surface area contributed by atoms with E-state index in [0.29, 0.717) is 6.42 Å². The Balaban J connectivity index is -0.00000144. The molecule has 1 N–H and O–H groups in total. The fraction of sp³-hybridized carbons (Fsp3) is 0.938. The van der Waals surface area contributed by atoms with Gasteiger partial charge in [-0.1, -0.05) is 84.0 Å². The van der Waals surface area contributed by atoms with E-state index < -0.39 is 5.97 Å². The minimum Gasteiger partial charge on any atom is -1.00 e. The van der Waals surface area contributed by atoms with Crippen LogP contribution in [-0.4, -0.2) is 11.1 Å². The van der Waals surface area contributed by atoms with Crippen molar-refractivity contribution >= 4 is 5.97 Å². The first-order chi connectivity index (χ1) is 8.77. The van der Waals surface area contributed by atoms with Crippen molar-refractivity contribution in [2.45, 2.75) is 96.8 Å². The van der Waals surface area contributed by atoms with Crippen LogP contribution in [0, 0.1) is 0 Å². The predicted molar refractivity (Wildman–Crippen MR) is 79.1 cm³/mol. The summed E-state index contributed by atoms with van der Waals surface area (Å²) in [4.78, 5) is 10.3. The average molecular weight is 297 g/mol. The Labute approximate surface area is 164 Å². The zero-order valence-electron chi connectivity index (χ0n) is 14.3. The van der Waals surface area contributed by atoms with E-state index in [2.05, 4.69) is 6.92 Å². The van der Waals surface area contributed by atoms with Gasteiger partial charge in [0.1, 0.15) is 0 Å². The number of carboxylic acid groups (broad SMARTS) is 1. The van der Waals surface area contributed by atoms with Crippen molar-refractivity contribution in [3.05, 3.63) is 0 Å². The van der Waals surface area contributed by atoms with Gasteiger partial charge in [0.15, 0.2) is 0 Å². The molecule has 0 aliphatic carbocycles. The molecule has 0 heterocycles. The Morgan fingerprint density at radius 2 is 1.05 bits per heavy atom. The van der Waals surface area contributed by atoms with E-state index in [1.807, 2.05) is 0 Å². The Kier molecular flexibility index (Phi) is 22.5. The second-order valence-electron chi connectivity index (χ2n) is 5.39. The third kappa shape index (κ3) is 21.6. The molecule has 0 aliphatic rings. The van der Waals surface area contributed by atoms with Gasteiger partial charge in [0.25, 0.3) is 0 Å². The molecule has 0 amide bonds. The number of carboxylic acids is 1. The van der Waals surface area contributed by atoms with Crippen molar-refractivity contribution in [3.63, 3.8) is 0 Å². The monoisotopic (exact) mass is 296 g/mol. The van der Waals surface area contributed by atoms with E-state index >= 15 is 0 Å². The molecule has 0 bridgehead atoms. The molecule has 0 fully saturated rings. The van der Waals surface area contributed by atoms with Crippen molar-refractivity contribution in [3.8, 4) is 0 Å². The minimum absolute atomic E-state index is 0. The average Bonchev–Trinajstić information content (AvgIpc) is 2.34. The van der Waals surface area contributed by atoms with E-state index in [-0.39, 0.29) is 52.8 Å². The quantitative estimate of drug-likeness (QED) is 0.395. The molecule has 0 saturated heterocycles. The van der Waals surface area contributed by atoms with Gasteiger partial charge in [-0.3, -0.25) is 4.79 Å². The van der Waals surface area contributed by atoms with Crippen LogP contribution in [0.5, 0.6) is 0 Å². The standard InChI is InChI=1S/C16H32O2.K.H/c1-2-3-4-5-6-7-8-9-10-11-12-13-14-15-16(17)18;;/h2-15H2,1H3,(H,17,18);;/q;+1;-1. The third-order valence-corrected chi connectivity index (χ3v) is 3.49. The summed E-state index contributed by atoms with van der Waals surface area (Å²) in [5, 5.41) is 8.49. The molecule has 0 spiro atoms. The van der Waals surface area contributed by atoms with Gasteiger partial charge in [0.05, 0.1) is 0 Å². The van der Waals surface area contributed by atoms with Crippen molar-refractivity contribution < 1.29 is 62.7 Å². The summed E-state index contributed by atoms with van der Waals surface area (Å²) in [6.07, 6.45) is 17.3. The molecule has 0 rings (SSSR count). The molecule has 0 atom stereocenters. The molecule has 110 valence electrons. The fourth-order valence-electron chi connectivity index (χ4n) is 2.29. The molecule has 0 aliphatic heterocycles. The van der Waals surface area contributed by atoms with Gasteiger partial charge >= 0.3 is 57.4 Å². The van der Waals surface area contributed by atoms with E-state index in [1.54, 1.807) is 0 Å². The van der Waals surface area contributed by atoms with Crippen molar-refractivity contribution in [2.75, 3.05) is 0 Å². The summed E-state index contributed by atoms with van der Waals surface area (Å²) in [6, 6.07) is 0. The summed E-state index contributed by atoms with van der Waals surface area (Å²) in [6.45, 7) is 2.26. The maximum atomic E-state index is 10.3. The summed E-state index contributed by atoms with van der Waals surface area (Å²) >= 11 is 0. The molecular formula is C16H33KO2. The van der Waals surface area contributed by atoms with Gasteiger partial charge in [-0.15, -0.1) is 0 Å². The van der Waals surface area contributed by atoms with Gasteiger partial charge in [-0.05, 0) is 6.42 Å². The molecule has 2 nitrogen and oxygen atoms in total. The smallest absolute Gasteiger partial charge is 1.00 e. The Morgan fingerprint density at radius 1 is 0.737 bits per heavy atom. The summed E-state index contributed by atoms with van der Waals surface area (Å²) in [5.41, 5.74) is 0. The Morgan fingerprint density at radius 3 is 1.37 bits per heavy atom. The normalized spacial score (nSPS) is 10.2. The number of hydrogen-bond donors (Lipinski definition) is 1. The van der Waals surface area contributed by atoms with Gasteiger partial charge < -0.3 is 6.53 Å². The first-order valence-corrected chi connectivity index (χ1v) is 7.99. The minimum atomic E-state index is -0.655. The van der Waals surface area contributed by atoms with E-state index in [0.717, 1.165) is 12.8 Å². The molecule has 0 aromatic carbocycles. The number of hydrogen-bond acceptors (Lipinski definition) is 1. The molecular weight excluding hydrogens is 263 g/mol. The third-order valence-electron chi connectivity index (χ3n) is 3.49. The van der Waals surface area contributed by atoms with Crippen LogP contribution in [0.1, 0.15) is 98.2 Å². The van der Waals surface area contributed by atoms with Crippen molar-refractivity contribution in [1.82, 2.24) is 0 Å². The van der Waals surface area contributed by atoms with E-state index in [1.165, 1.54) is 70.6 Å². The van der Waals surface area contributed by atoms with E-state index in [4.69, 9.17) is 5.11 Å². The number of unbranched alkanes of at least 4 members (excludes halogenated alkanes) is 12. The number of carbonyl (C=O) groups is 1. The first-order valence-electron chi connectivity index (χ1n) is 7.99. The van der Waals surface area contributed by atoms with Crippen LogP contribution in [0.2, 0.25) is 0 Å². The summed E-state index contributed by atoms with van der Waals surface area (Å²) in [7, 11) is 0. The van der Waals surface area contributed by atoms with Crippen LogP contribution in [0.4, 0.5) is 0 Å². The maximum Gasteiger partial charge on any atom is 1.00 e. The number of aliphatic carboxylic acids is 1. The Hall–Kier alpha value is 1.11. The van der Waals surface area contributed by atoms with Gasteiger partial charge in [0.2, 0.25) is 0 Å². The second kappa shape index (κ2) is 19.1. The molecule has 0 aromatic heterocycles. The van der Waals surface area contributed by atoms with Crippen LogP contribution in [0.25, 0.3) is 0 Å². The fourth-order valence-corrected chi connectivity index (χ4v) is 2.29. The molecule has 0 unspecified atom stereocenters. The van der Waals surface area contributed by atoms with Crippen molar-refractivity contribution in [1.29, 1.82) is 0 Å². The summed E-state index contributed by atoms with van der Waals surface area (Å²) < 4.78 is 0. The zero-order valence-corrected chi connectivity index (χ0v) is 16.4. The Bertz CT molecular complexity index is 189. The topological polar surface area (TPSA) is 37.3 Å². The van der Waals surface area contributed by atoms with Crippen molar-refractivity contribution in [2.24, 2.45) is 0 Å². The molecule has 0 radical (unpaired) electrons. The van der Waals surface area contributed by atoms with Crippen LogP contribution in [0.3, 0.4) is 0 Å². The van der Waals surface area contributed by atoms with Gasteiger partial charge in [-0.2, -0.15) is 0 Å². The SMILES string of the molecule is CCCCCCCCCCCCCCCC(=O)O.[H-].[K+]. The van der Waals surface area contributed by atoms with Crippen LogP contribution in [-0.2, 0) is 4.79 Å². The van der Waals surface area contributed by atoms with Crippen LogP contribution in [0.15, 0.2) is 0 Å². The van der Waals surface area contributed by atoms with Crippen LogP contribution >= 0.6 is 0 Å². The molecule has 3 heteroatoms. The zero-order chi connectivity index (χ0) is 13.5. The molecule has 0 aromatic rings. The predicted octanol–water partition coefficient (Wildman–Crippen LogP) is 2.67. The first kappa shape index (κ1) is 22.4. The van der Waals surface area contributed by atoms with Gasteiger partial charge in [0, 0.05) is 6.42 Å². The van der Waals surface area contributed by atoms with E-state index in [9.17, 15) is 4.79 Å². The van der Waals surface area contributed by atoms with Gasteiger partial charge in [-0.25, -0.2) is 0 Å². The number of rotatable bonds is 14.